The predicted molar refractivity (Wildman–Crippen MR) is 103 cm³/mol. The van der Waals surface area contributed by atoms with E-state index in [0.717, 1.165) is 38.8 Å². The summed E-state index contributed by atoms with van der Waals surface area (Å²) in [6.07, 6.45) is 4.30. The van der Waals surface area contributed by atoms with Crippen LogP contribution >= 0.6 is 0 Å². The molecule has 2 N–H and O–H groups in total. The largest absolute Gasteiger partial charge is 0.368 e. The van der Waals surface area contributed by atoms with Crippen LogP contribution in [0.25, 0.3) is 0 Å². The lowest BCUT2D eigenvalue weighted by Crippen LogP contribution is -2.39. The van der Waals surface area contributed by atoms with E-state index in [1.54, 1.807) is 0 Å². The summed E-state index contributed by atoms with van der Waals surface area (Å²) in [6.45, 7) is 1.94. The van der Waals surface area contributed by atoms with Crippen molar-refractivity contribution in [1.29, 1.82) is 0 Å². The molecule has 2 aromatic rings. The van der Waals surface area contributed by atoms with Crippen molar-refractivity contribution in [2.75, 3.05) is 6.61 Å². The summed E-state index contributed by atoms with van der Waals surface area (Å²) in [5, 5.41) is 0. The van der Waals surface area contributed by atoms with Gasteiger partial charge in [0.2, 0.25) is 5.91 Å². The van der Waals surface area contributed by atoms with Gasteiger partial charge in [-0.3, -0.25) is 9.69 Å². The Bertz CT molecular complexity index is 626. The molecule has 1 fully saturated rings. The first-order valence-electron chi connectivity index (χ1n) is 9.42. The average molecular weight is 352 g/mol. The fraction of sp³-hybridized carbons (Fsp3) is 0.409. The molecule has 1 aliphatic carbocycles. The van der Waals surface area contributed by atoms with Crippen molar-refractivity contribution in [2.45, 2.75) is 50.9 Å². The molecule has 4 heteroatoms. The fourth-order valence-electron chi connectivity index (χ4n) is 3.73. The Morgan fingerprint density at radius 1 is 0.885 bits per heavy atom. The minimum Gasteiger partial charge on any atom is -0.368 e. The van der Waals surface area contributed by atoms with Gasteiger partial charge >= 0.3 is 0 Å². The number of primary amides is 1. The zero-order chi connectivity index (χ0) is 18.2. The average Bonchev–Trinajstić information content (AvgIpc) is 2.68. The molecule has 0 aliphatic heterocycles. The minimum absolute atomic E-state index is 0.0348. The maximum absolute atomic E-state index is 10.9. The van der Waals surface area contributed by atoms with Crippen LogP contribution in [0.2, 0.25) is 0 Å². The highest BCUT2D eigenvalue weighted by molar-refractivity contribution is 5.75. The van der Waals surface area contributed by atoms with Crippen molar-refractivity contribution >= 4 is 5.91 Å². The van der Waals surface area contributed by atoms with E-state index in [0.29, 0.717) is 6.04 Å². The van der Waals surface area contributed by atoms with E-state index in [9.17, 15) is 4.79 Å². The number of rotatable bonds is 8. The molecule has 1 aliphatic rings. The van der Waals surface area contributed by atoms with E-state index in [4.69, 9.17) is 10.5 Å². The van der Waals surface area contributed by atoms with Crippen LogP contribution in [0.4, 0.5) is 0 Å². The number of nitrogens with zero attached hydrogens (tertiary/aromatic N) is 1. The summed E-state index contributed by atoms with van der Waals surface area (Å²) in [4.78, 5) is 13.5. The molecule has 0 unspecified atom stereocenters. The number of hydrogen-bond acceptors (Lipinski definition) is 3. The van der Waals surface area contributed by atoms with Crippen molar-refractivity contribution in [1.82, 2.24) is 4.90 Å². The van der Waals surface area contributed by atoms with Crippen LogP contribution in [0.15, 0.2) is 60.7 Å². The third kappa shape index (κ3) is 5.68. The van der Waals surface area contributed by atoms with Gasteiger partial charge in [0.1, 0.15) is 6.61 Å². The summed E-state index contributed by atoms with van der Waals surface area (Å²) >= 11 is 0. The molecule has 3 rings (SSSR count). The van der Waals surface area contributed by atoms with Crippen molar-refractivity contribution < 1.29 is 9.53 Å². The zero-order valence-electron chi connectivity index (χ0n) is 15.2. The monoisotopic (exact) mass is 352 g/mol. The normalized spacial score (nSPS) is 20.2. The predicted octanol–water partition coefficient (Wildman–Crippen LogP) is 3.50. The van der Waals surface area contributed by atoms with E-state index in [-0.39, 0.29) is 18.6 Å². The van der Waals surface area contributed by atoms with Gasteiger partial charge in [-0.2, -0.15) is 0 Å². The molecule has 0 radical (unpaired) electrons. The topological polar surface area (TPSA) is 55.6 Å². The molecule has 2 aromatic carbocycles. The quantitative estimate of drug-likeness (QED) is 0.791. The lowest BCUT2D eigenvalue weighted by atomic mass is 9.91. The highest BCUT2D eigenvalue weighted by Gasteiger charge is 2.26. The molecule has 138 valence electrons. The Kier molecular flexibility index (Phi) is 6.81. The second-order valence-electron chi connectivity index (χ2n) is 7.08. The van der Waals surface area contributed by atoms with Crippen LogP contribution in [0.1, 0.15) is 36.8 Å². The summed E-state index contributed by atoms with van der Waals surface area (Å²) in [7, 11) is 0. The Morgan fingerprint density at radius 3 is 1.85 bits per heavy atom. The maximum Gasteiger partial charge on any atom is 0.243 e. The number of amides is 1. The highest BCUT2D eigenvalue weighted by Crippen LogP contribution is 2.27. The van der Waals surface area contributed by atoms with Gasteiger partial charge in [-0.15, -0.1) is 0 Å². The van der Waals surface area contributed by atoms with E-state index < -0.39 is 0 Å². The lowest BCUT2D eigenvalue weighted by Gasteiger charge is -2.37. The van der Waals surface area contributed by atoms with Gasteiger partial charge in [-0.05, 0) is 36.8 Å². The minimum atomic E-state index is -0.387. The smallest absolute Gasteiger partial charge is 0.243 e. The first-order valence-corrected chi connectivity index (χ1v) is 9.42. The third-order valence-corrected chi connectivity index (χ3v) is 5.08. The van der Waals surface area contributed by atoms with Crippen LogP contribution < -0.4 is 5.73 Å². The number of benzene rings is 2. The Labute approximate surface area is 156 Å². The summed E-state index contributed by atoms with van der Waals surface area (Å²) in [5.41, 5.74) is 7.87. The third-order valence-electron chi connectivity index (χ3n) is 5.08. The van der Waals surface area contributed by atoms with Gasteiger partial charge in [-0.1, -0.05) is 60.7 Å². The molecular weight excluding hydrogens is 324 g/mol. The lowest BCUT2D eigenvalue weighted by molar-refractivity contribution is -0.125. The molecule has 0 atom stereocenters. The second-order valence-corrected chi connectivity index (χ2v) is 7.08. The number of hydrogen-bond donors (Lipinski definition) is 1. The van der Waals surface area contributed by atoms with Crippen LogP contribution in [-0.2, 0) is 22.6 Å². The fourth-order valence-corrected chi connectivity index (χ4v) is 3.73. The second kappa shape index (κ2) is 9.51. The highest BCUT2D eigenvalue weighted by atomic mass is 16.5. The standard InChI is InChI=1S/C22H28N2O2/c23-22(25)17-26-21-13-11-20(12-14-21)24(15-18-7-3-1-4-8-18)16-19-9-5-2-6-10-19/h1-10,20-21H,11-17H2,(H2,23,25). The van der Waals surface area contributed by atoms with Gasteiger partial charge in [-0.25, -0.2) is 0 Å². The maximum atomic E-state index is 10.9. The number of carbonyl (C=O) groups excluding carboxylic acids is 1. The van der Waals surface area contributed by atoms with Crippen molar-refractivity contribution in [3.63, 3.8) is 0 Å². The SMILES string of the molecule is NC(=O)COC1CCC(N(Cc2ccccc2)Cc2ccccc2)CC1. The first kappa shape index (κ1) is 18.6. The van der Waals surface area contributed by atoms with Crippen molar-refractivity contribution in [3.8, 4) is 0 Å². The molecule has 0 heterocycles. The molecule has 0 aromatic heterocycles. The van der Waals surface area contributed by atoms with Crippen LogP contribution in [0, 0.1) is 0 Å². The number of ether oxygens (including phenoxy) is 1. The molecule has 1 amide bonds. The number of nitrogens with two attached hydrogens (primary N) is 1. The molecule has 4 nitrogen and oxygen atoms in total. The first-order chi connectivity index (χ1) is 12.7. The summed E-state index contributed by atoms with van der Waals surface area (Å²) < 4.78 is 5.62. The summed E-state index contributed by atoms with van der Waals surface area (Å²) in [6, 6.07) is 21.8. The Morgan fingerprint density at radius 2 is 1.38 bits per heavy atom. The molecule has 26 heavy (non-hydrogen) atoms. The molecule has 0 spiro atoms. The van der Waals surface area contributed by atoms with Gasteiger partial charge in [0.15, 0.2) is 0 Å². The zero-order valence-corrected chi connectivity index (χ0v) is 15.2. The number of carbonyl (C=O) groups is 1. The van der Waals surface area contributed by atoms with Gasteiger partial charge in [0.25, 0.3) is 0 Å². The molecular formula is C22H28N2O2. The van der Waals surface area contributed by atoms with Gasteiger partial charge in [0.05, 0.1) is 6.10 Å². The van der Waals surface area contributed by atoms with Crippen LogP contribution in [0.3, 0.4) is 0 Å². The van der Waals surface area contributed by atoms with Gasteiger partial charge in [0, 0.05) is 19.1 Å². The van der Waals surface area contributed by atoms with Crippen LogP contribution in [-0.4, -0.2) is 29.6 Å². The molecule has 0 saturated heterocycles. The van der Waals surface area contributed by atoms with Crippen molar-refractivity contribution in [3.05, 3.63) is 71.8 Å². The Balaban J connectivity index is 1.63. The van der Waals surface area contributed by atoms with E-state index >= 15 is 0 Å². The van der Waals surface area contributed by atoms with E-state index in [1.807, 2.05) is 0 Å². The molecule has 1 saturated carbocycles. The van der Waals surface area contributed by atoms with E-state index in [1.165, 1.54) is 11.1 Å². The van der Waals surface area contributed by atoms with Gasteiger partial charge < -0.3 is 10.5 Å². The van der Waals surface area contributed by atoms with Crippen LogP contribution in [0.5, 0.6) is 0 Å². The Hall–Kier alpha value is -2.17. The molecule has 0 bridgehead atoms. The summed E-state index contributed by atoms with van der Waals surface area (Å²) in [5.74, 6) is -0.387. The van der Waals surface area contributed by atoms with Crippen molar-refractivity contribution in [2.24, 2.45) is 5.73 Å². The van der Waals surface area contributed by atoms with E-state index in [2.05, 4.69) is 65.6 Å².